The van der Waals surface area contributed by atoms with Gasteiger partial charge in [-0.2, -0.15) is 0 Å². The molecule has 2 unspecified atom stereocenters. The van der Waals surface area contributed by atoms with Gasteiger partial charge in [-0.25, -0.2) is 0 Å². The molecule has 6 heteroatoms. The third-order valence-electron chi connectivity index (χ3n) is 4.13. The number of hydrogen-bond acceptors (Lipinski definition) is 4. The smallest absolute Gasteiger partial charge is 0.294 e. The van der Waals surface area contributed by atoms with Crippen LogP contribution in [0.25, 0.3) is 0 Å². The molecule has 0 amide bonds. The first-order valence-electron chi connectivity index (χ1n) is 6.47. The number of aliphatic hydroxyl groups is 1. The Morgan fingerprint density at radius 2 is 1.95 bits per heavy atom. The summed E-state index contributed by atoms with van der Waals surface area (Å²) in [5.74, 6) is 0. The minimum absolute atomic E-state index is 0.0563. The highest BCUT2D eigenvalue weighted by Crippen LogP contribution is 2.45. The van der Waals surface area contributed by atoms with Crippen LogP contribution in [0.3, 0.4) is 0 Å². The first-order chi connectivity index (χ1) is 9.08. The van der Waals surface area contributed by atoms with Crippen molar-refractivity contribution in [1.29, 1.82) is 0 Å². The summed E-state index contributed by atoms with van der Waals surface area (Å²) in [5.41, 5.74) is 0.578. The number of benzene rings is 1. The zero-order valence-corrected chi connectivity index (χ0v) is 11.1. The zero-order chi connectivity index (χ0) is 13.6. The number of hydrogen-bond donors (Lipinski definition) is 1. The number of anilines is 1. The summed E-state index contributed by atoms with van der Waals surface area (Å²) in [4.78, 5) is 12.9. The first-order valence-corrected chi connectivity index (χ1v) is 6.85. The van der Waals surface area contributed by atoms with E-state index < -0.39 is 0 Å². The molecule has 1 aromatic rings. The molecule has 2 saturated heterocycles. The summed E-state index contributed by atoms with van der Waals surface area (Å²) >= 11 is 6.19. The van der Waals surface area contributed by atoms with Gasteiger partial charge in [0.2, 0.25) is 0 Å². The lowest BCUT2D eigenvalue weighted by atomic mass is 9.98. The maximum atomic E-state index is 11.2. The summed E-state index contributed by atoms with van der Waals surface area (Å²) in [6, 6.07) is 5.10. The molecule has 3 rings (SSSR count). The fourth-order valence-electron chi connectivity index (χ4n) is 3.42. The van der Waals surface area contributed by atoms with E-state index in [0.29, 0.717) is 23.6 Å². The summed E-state index contributed by atoms with van der Waals surface area (Å²) in [6.45, 7) is 0. The van der Waals surface area contributed by atoms with Crippen LogP contribution in [0.4, 0.5) is 11.4 Å². The first kappa shape index (κ1) is 12.7. The molecule has 2 aliphatic heterocycles. The molecule has 2 bridgehead atoms. The van der Waals surface area contributed by atoms with Crippen molar-refractivity contribution in [1.82, 2.24) is 0 Å². The second-order valence-electron chi connectivity index (χ2n) is 5.28. The molecular formula is C13H15ClN2O3. The highest BCUT2D eigenvalue weighted by Gasteiger charge is 2.43. The van der Waals surface area contributed by atoms with Gasteiger partial charge in [-0.3, -0.25) is 10.1 Å². The maximum absolute atomic E-state index is 11.2. The lowest BCUT2D eigenvalue weighted by Crippen LogP contribution is -2.45. The molecule has 0 aliphatic carbocycles. The highest BCUT2D eigenvalue weighted by atomic mass is 35.5. The molecule has 0 aromatic heterocycles. The summed E-state index contributed by atoms with van der Waals surface area (Å²) in [7, 11) is 0. The molecule has 19 heavy (non-hydrogen) atoms. The van der Waals surface area contributed by atoms with Gasteiger partial charge in [0.1, 0.15) is 5.69 Å². The number of nitro benzene ring substituents is 1. The number of rotatable bonds is 2. The normalized spacial score (nSPS) is 29.6. The van der Waals surface area contributed by atoms with E-state index in [1.807, 2.05) is 0 Å². The Kier molecular flexibility index (Phi) is 3.11. The lowest BCUT2D eigenvalue weighted by Gasteiger charge is -2.38. The van der Waals surface area contributed by atoms with Crippen molar-refractivity contribution in [3.05, 3.63) is 33.3 Å². The van der Waals surface area contributed by atoms with E-state index in [0.717, 1.165) is 12.8 Å². The predicted molar refractivity (Wildman–Crippen MR) is 72.6 cm³/mol. The summed E-state index contributed by atoms with van der Waals surface area (Å²) in [5, 5.41) is 21.4. The van der Waals surface area contributed by atoms with E-state index in [9.17, 15) is 15.2 Å². The molecular weight excluding hydrogens is 268 g/mol. The van der Waals surface area contributed by atoms with Crippen LogP contribution in [0, 0.1) is 10.1 Å². The van der Waals surface area contributed by atoms with Crippen molar-refractivity contribution >= 4 is 23.0 Å². The number of fused-ring (bicyclic) bond motifs is 2. The second-order valence-corrected chi connectivity index (χ2v) is 5.69. The monoisotopic (exact) mass is 282 g/mol. The fraction of sp³-hybridized carbons (Fsp3) is 0.538. The lowest BCUT2D eigenvalue weighted by molar-refractivity contribution is -0.384. The molecule has 0 radical (unpaired) electrons. The molecule has 0 saturated carbocycles. The Balaban J connectivity index is 2.06. The van der Waals surface area contributed by atoms with Crippen molar-refractivity contribution in [2.24, 2.45) is 0 Å². The minimum atomic E-state index is -0.383. The Morgan fingerprint density at radius 3 is 2.53 bits per heavy atom. The number of aliphatic hydroxyl groups excluding tert-OH is 1. The molecule has 0 spiro atoms. The van der Waals surface area contributed by atoms with Crippen molar-refractivity contribution in [3.63, 3.8) is 0 Å². The SMILES string of the molecule is O=[N+]([O-])c1cccc(Cl)c1N1C2CCC1CC(O)C2. The molecule has 1 aromatic carbocycles. The second kappa shape index (κ2) is 4.65. The number of para-hydroxylation sites is 1. The highest BCUT2D eigenvalue weighted by molar-refractivity contribution is 6.33. The number of nitrogens with zero attached hydrogens (tertiary/aromatic N) is 2. The van der Waals surface area contributed by atoms with Crippen LogP contribution in [0.15, 0.2) is 18.2 Å². The van der Waals surface area contributed by atoms with Gasteiger partial charge in [-0.05, 0) is 31.7 Å². The standard InChI is InChI=1S/C13H15ClN2O3/c14-11-2-1-3-12(16(18)19)13(11)15-8-4-5-9(15)7-10(17)6-8/h1-3,8-10,17H,4-7H2. The Labute approximate surface area is 115 Å². The molecule has 2 atom stereocenters. The van der Waals surface area contributed by atoms with Crippen molar-refractivity contribution in [3.8, 4) is 0 Å². The van der Waals surface area contributed by atoms with Gasteiger partial charge in [0.25, 0.3) is 5.69 Å². The third kappa shape index (κ3) is 2.07. The van der Waals surface area contributed by atoms with Gasteiger partial charge in [0, 0.05) is 18.2 Å². The van der Waals surface area contributed by atoms with E-state index >= 15 is 0 Å². The molecule has 2 heterocycles. The quantitative estimate of drug-likeness (QED) is 0.669. The van der Waals surface area contributed by atoms with Crippen LogP contribution in [-0.4, -0.2) is 28.2 Å². The average molecular weight is 283 g/mol. The van der Waals surface area contributed by atoms with E-state index in [2.05, 4.69) is 4.90 Å². The predicted octanol–water partition coefficient (Wildman–Crippen LogP) is 2.74. The molecule has 2 aliphatic rings. The van der Waals surface area contributed by atoms with Crippen molar-refractivity contribution in [2.75, 3.05) is 4.90 Å². The molecule has 2 fully saturated rings. The Bertz CT molecular complexity index is 509. The van der Waals surface area contributed by atoms with E-state index in [1.54, 1.807) is 12.1 Å². The van der Waals surface area contributed by atoms with Crippen molar-refractivity contribution in [2.45, 2.75) is 43.9 Å². The largest absolute Gasteiger partial charge is 0.393 e. The van der Waals surface area contributed by atoms with Gasteiger partial charge in [0.05, 0.1) is 16.0 Å². The topological polar surface area (TPSA) is 66.6 Å². The van der Waals surface area contributed by atoms with Gasteiger partial charge >= 0.3 is 0 Å². The van der Waals surface area contributed by atoms with Gasteiger partial charge < -0.3 is 10.0 Å². The fourth-order valence-corrected chi connectivity index (χ4v) is 3.69. The molecule has 1 N–H and O–H groups in total. The molecule has 102 valence electrons. The zero-order valence-electron chi connectivity index (χ0n) is 10.3. The van der Waals surface area contributed by atoms with E-state index in [-0.39, 0.29) is 28.8 Å². The van der Waals surface area contributed by atoms with Crippen LogP contribution in [0.1, 0.15) is 25.7 Å². The Hall–Kier alpha value is -1.33. The molecule has 5 nitrogen and oxygen atoms in total. The summed E-state index contributed by atoms with van der Waals surface area (Å²) in [6.07, 6.45) is 2.96. The van der Waals surface area contributed by atoms with Crippen LogP contribution >= 0.6 is 11.6 Å². The number of nitro groups is 1. The van der Waals surface area contributed by atoms with Crippen LogP contribution < -0.4 is 4.90 Å². The average Bonchev–Trinajstić information content (AvgIpc) is 2.61. The van der Waals surface area contributed by atoms with E-state index in [4.69, 9.17) is 11.6 Å². The van der Waals surface area contributed by atoms with Crippen molar-refractivity contribution < 1.29 is 10.0 Å². The third-order valence-corrected chi connectivity index (χ3v) is 4.43. The number of halogens is 1. The maximum Gasteiger partial charge on any atom is 0.294 e. The van der Waals surface area contributed by atoms with Gasteiger partial charge in [-0.15, -0.1) is 0 Å². The van der Waals surface area contributed by atoms with Crippen LogP contribution in [0.5, 0.6) is 0 Å². The van der Waals surface area contributed by atoms with Gasteiger partial charge in [0.15, 0.2) is 0 Å². The minimum Gasteiger partial charge on any atom is -0.393 e. The van der Waals surface area contributed by atoms with Crippen LogP contribution in [-0.2, 0) is 0 Å². The van der Waals surface area contributed by atoms with Gasteiger partial charge in [-0.1, -0.05) is 17.7 Å². The number of piperidine rings is 1. The summed E-state index contributed by atoms with van der Waals surface area (Å²) < 4.78 is 0. The van der Waals surface area contributed by atoms with Crippen LogP contribution in [0.2, 0.25) is 5.02 Å². The Morgan fingerprint density at radius 1 is 1.32 bits per heavy atom. The van der Waals surface area contributed by atoms with E-state index in [1.165, 1.54) is 6.07 Å².